The molecule has 1 atom stereocenters. The number of hydrogen-bond donors (Lipinski definition) is 1. The van der Waals surface area contributed by atoms with Crippen LogP contribution in [0.15, 0.2) is 48.5 Å². The van der Waals surface area contributed by atoms with Crippen molar-refractivity contribution >= 4 is 23.5 Å². The number of rotatable bonds is 6. The summed E-state index contributed by atoms with van der Waals surface area (Å²) in [4.78, 5) is 29.9. The molecule has 172 valence electrons. The Balaban J connectivity index is 1.55. The molecule has 0 aromatic heterocycles. The van der Waals surface area contributed by atoms with Gasteiger partial charge in [-0.05, 0) is 68.1 Å². The summed E-state index contributed by atoms with van der Waals surface area (Å²) in [5.74, 6) is 4.86. The van der Waals surface area contributed by atoms with Gasteiger partial charge in [-0.15, -0.1) is 5.92 Å². The first-order valence-corrected chi connectivity index (χ1v) is 11.5. The van der Waals surface area contributed by atoms with E-state index < -0.39 is 11.6 Å². The monoisotopic (exact) mass is 467 g/mol. The fraction of sp³-hybridized carbons (Fsp3) is 0.385. The Kier molecular flexibility index (Phi) is 7.02. The lowest BCUT2D eigenvalue weighted by Crippen LogP contribution is -2.57. The lowest BCUT2D eigenvalue weighted by atomic mass is 9.74. The summed E-state index contributed by atoms with van der Waals surface area (Å²) >= 11 is 6.33. The van der Waals surface area contributed by atoms with Gasteiger partial charge < -0.3 is 5.32 Å². The first kappa shape index (κ1) is 23.3. The third-order valence-corrected chi connectivity index (χ3v) is 6.99. The number of urea groups is 1. The number of halogens is 2. The topological polar surface area (TPSA) is 52.7 Å². The van der Waals surface area contributed by atoms with Gasteiger partial charge in [-0.2, -0.15) is 0 Å². The Hall–Kier alpha value is -2.88. The second-order valence-electron chi connectivity index (χ2n) is 8.67. The van der Waals surface area contributed by atoms with Crippen LogP contribution >= 0.6 is 11.6 Å². The van der Waals surface area contributed by atoms with Gasteiger partial charge in [0.05, 0.1) is 6.54 Å². The number of nitrogens with one attached hydrogen (secondary N) is 1. The van der Waals surface area contributed by atoms with Crippen molar-refractivity contribution in [1.82, 2.24) is 15.1 Å². The number of hydrogen-bond acceptors (Lipinski definition) is 3. The van der Waals surface area contributed by atoms with Gasteiger partial charge in [0.15, 0.2) is 0 Å². The van der Waals surface area contributed by atoms with E-state index in [9.17, 15) is 14.0 Å². The van der Waals surface area contributed by atoms with E-state index in [4.69, 9.17) is 11.6 Å². The standard InChI is InChI=1S/C26H27ClFN3O2/c1-2-3-13-31-24(32)26(29-25(31)33,17-19-7-6-9-22(28)16-19)21-11-14-30(15-12-21)18-20-8-4-5-10-23(20)27/h4-10,16,21H,11-15,17-18H2,1H3,(H,29,33). The molecule has 0 spiro atoms. The molecule has 2 saturated heterocycles. The molecule has 3 amide bonds. The summed E-state index contributed by atoms with van der Waals surface area (Å²) in [6, 6.07) is 13.6. The van der Waals surface area contributed by atoms with E-state index in [1.54, 1.807) is 19.1 Å². The number of benzene rings is 2. The molecule has 2 aliphatic heterocycles. The first-order valence-electron chi connectivity index (χ1n) is 11.2. The highest BCUT2D eigenvalue weighted by molar-refractivity contribution is 6.31. The molecular formula is C26H27ClFN3O2. The lowest BCUT2D eigenvalue weighted by molar-refractivity contribution is -0.133. The van der Waals surface area contributed by atoms with Gasteiger partial charge in [-0.1, -0.05) is 47.9 Å². The van der Waals surface area contributed by atoms with Gasteiger partial charge in [-0.3, -0.25) is 14.6 Å². The highest BCUT2D eigenvalue weighted by Crippen LogP contribution is 2.37. The molecule has 0 aliphatic carbocycles. The molecule has 4 rings (SSSR count). The third kappa shape index (κ3) is 4.90. The molecule has 1 N–H and O–H groups in total. The van der Waals surface area contributed by atoms with Gasteiger partial charge in [0.1, 0.15) is 11.4 Å². The molecule has 2 fully saturated rings. The van der Waals surface area contributed by atoms with Crippen LogP contribution in [0.3, 0.4) is 0 Å². The number of carbonyl (C=O) groups is 2. The molecule has 0 bridgehead atoms. The van der Waals surface area contributed by atoms with Gasteiger partial charge in [0.2, 0.25) is 0 Å². The van der Waals surface area contributed by atoms with Crippen molar-refractivity contribution in [3.63, 3.8) is 0 Å². The molecule has 0 radical (unpaired) electrons. The van der Waals surface area contributed by atoms with Crippen LogP contribution in [-0.4, -0.2) is 46.9 Å². The number of carbonyl (C=O) groups excluding carboxylic acids is 2. The molecule has 2 aromatic carbocycles. The SMILES string of the molecule is CC#CCN1C(=O)NC(Cc2cccc(F)c2)(C2CCN(Cc3ccccc3Cl)CC2)C1=O. The number of likely N-dealkylation sites (tertiary alicyclic amines) is 1. The van der Waals surface area contributed by atoms with Crippen LogP contribution in [0, 0.1) is 23.6 Å². The van der Waals surface area contributed by atoms with E-state index in [2.05, 4.69) is 22.1 Å². The molecule has 33 heavy (non-hydrogen) atoms. The highest BCUT2D eigenvalue weighted by Gasteiger charge is 2.55. The fourth-order valence-electron chi connectivity index (χ4n) is 4.91. The minimum Gasteiger partial charge on any atom is -0.322 e. The third-order valence-electron chi connectivity index (χ3n) is 6.62. The minimum absolute atomic E-state index is 0.0530. The second-order valence-corrected chi connectivity index (χ2v) is 9.08. The minimum atomic E-state index is -1.10. The van der Waals surface area contributed by atoms with E-state index in [0.29, 0.717) is 5.56 Å². The lowest BCUT2D eigenvalue weighted by Gasteiger charge is -2.41. The van der Waals surface area contributed by atoms with Crippen LogP contribution in [-0.2, 0) is 17.8 Å². The van der Waals surface area contributed by atoms with Crippen molar-refractivity contribution in [3.05, 3.63) is 70.5 Å². The van der Waals surface area contributed by atoms with Crippen LogP contribution in [0.4, 0.5) is 9.18 Å². The Labute approximate surface area is 198 Å². The van der Waals surface area contributed by atoms with Crippen molar-refractivity contribution in [2.75, 3.05) is 19.6 Å². The van der Waals surface area contributed by atoms with Gasteiger partial charge in [0.25, 0.3) is 5.91 Å². The average Bonchev–Trinajstić information content (AvgIpc) is 3.04. The predicted molar refractivity (Wildman–Crippen MR) is 126 cm³/mol. The summed E-state index contributed by atoms with van der Waals surface area (Å²) in [6.07, 6.45) is 1.72. The van der Waals surface area contributed by atoms with E-state index in [1.165, 1.54) is 17.0 Å². The van der Waals surface area contributed by atoms with E-state index in [-0.39, 0.29) is 30.6 Å². The Morgan fingerprint density at radius 2 is 1.91 bits per heavy atom. The highest BCUT2D eigenvalue weighted by atomic mass is 35.5. The zero-order chi connectivity index (χ0) is 23.4. The molecule has 5 nitrogen and oxygen atoms in total. The summed E-state index contributed by atoms with van der Waals surface area (Å²) < 4.78 is 13.9. The van der Waals surface area contributed by atoms with Crippen molar-refractivity contribution in [3.8, 4) is 11.8 Å². The van der Waals surface area contributed by atoms with E-state index >= 15 is 0 Å². The molecule has 7 heteroatoms. The van der Waals surface area contributed by atoms with Crippen LogP contribution in [0.1, 0.15) is 30.9 Å². The van der Waals surface area contributed by atoms with E-state index in [1.807, 2.05) is 24.3 Å². The van der Waals surface area contributed by atoms with Crippen molar-refractivity contribution in [1.29, 1.82) is 0 Å². The van der Waals surface area contributed by atoms with Crippen LogP contribution in [0.5, 0.6) is 0 Å². The van der Waals surface area contributed by atoms with Gasteiger partial charge in [-0.25, -0.2) is 9.18 Å². The zero-order valence-corrected chi connectivity index (χ0v) is 19.4. The summed E-state index contributed by atoms with van der Waals surface area (Å²) in [6.45, 7) is 4.02. The maximum atomic E-state index is 13.9. The molecule has 0 saturated carbocycles. The molecule has 2 aliphatic rings. The maximum absolute atomic E-state index is 13.9. The number of amides is 3. The summed E-state index contributed by atoms with van der Waals surface area (Å²) in [7, 11) is 0. The summed E-state index contributed by atoms with van der Waals surface area (Å²) in [5, 5.41) is 3.74. The Morgan fingerprint density at radius 1 is 1.15 bits per heavy atom. The average molecular weight is 468 g/mol. The quantitative estimate of drug-likeness (QED) is 0.510. The van der Waals surface area contributed by atoms with Gasteiger partial charge >= 0.3 is 6.03 Å². The number of nitrogens with zero attached hydrogens (tertiary/aromatic N) is 2. The first-order chi connectivity index (χ1) is 15.9. The predicted octanol–water partition coefficient (Wildman–Crippen LogP) is 4.25. The van der Waals surface area contributed by atoms with Crippen molar-refractivity contribution in [2.45, 2.75) is 38.3 Å². The fourth-order valence-corrected chi connectivity index (χ4v) is 5.10. The number of imide groups is 1. The smallest absolute Gasteiger partial charge is 0.322 e. The van der Waals surface area contributed by atoms with Crippen LogP contribution in [0.25, 0.3) is 0 Å². The van der Waals surface area contributed by atoms with Crippen LogP contribution in [0.2, 0.25) is 5.02 Å². The molecule has 2 aromatic rings. The summed E-state index contributed by atoms with van der Waals surface area (Å²) in [5.41, 5.74) is 0.656. The van der Waals surface area contributed by atoms with Crippen LogP contribution < -0.4 is 5.32 Å². The largest absolute Gasteiger partial charge is 0.325 e. The van der Waals surface area contributed by atoms with Crippen molar-refractivity contribution in [2.24, 2.45) is 5.92 Å². The Bertz CT molecular complexity index is 1100. The zero-order valence-electron chi connectivity index (χ0n) is 18.6. The molecular weight excluding hydrogens is 441 g/mol. The normalized spacial score (nSPS) is 21.6. The number of piperidine rings is 1. The van der Waals surface area contributed by atoms with Gasteiger partial charge in [0, 0.05) is 18.0 Å². The second kappa shape index (κ2) is 9.94. The van der Waals surface area contributed by atoms with Crippen molar-refractivity contribution < 1.29 is 14.0 Å². The molecule has 2 heterocycles. The Morgan fingerprint density at radius 3 is 2.61 bits per heavy atom. The maximum Gasteiger partial charge on any atom is 0.325 e. The van der Waals surface area contributed by atoms with E-state index in [0.717, 1.165) is 43.1 Å². The molecule has 1 unspecified atom stereocenters.